The largest absolute Gasteiger partial charge is 0.338 e. The summed E-state index contributed by atoms with van der Waals surface area (Å²) < 4.78 is 19.0. The average molecular weight is 364 g/mol. The van der Waals surface area contributed by atoms with Gasteiger partial charge in [-0.3, -0.25) is 0 Å². The van der Waals surface area contributed by atoms with Gasteiger partial charge in [0.15, 0.2) is 0 Å². The van der Waals surface area contributed by atoms with Crippen molar-refractivity contribution in [3.05, 3.63) is 34.4 Å². The molecule has 1 unspecified atom stereocenters. The van der Waals surface area contributed by atoms with Crippen LogP contribution in [0, 0.1) is 5.82 Å². The normalized spacial score (nSPS) is 12.7. The number of aromatic nitrogens is 2. The minimum atomic E-state index is -0.341. The zero-order valence-electron chi connectivity index (χ0n) is 8.95. The smallest absolute Gasteiger partial charge is 0.240 e. The van der Waals surface area contributed by atoms with Crippen molar-refractivity contribution in [2.24, 2.45) is 0 Å². The van der Waals surface area contributed by atoms with E-state index in [0.717, 1.165) is 6.42 Å². The van der Waals surface area contributed by atoms with Crippen LogP contribution in [0.15, 0.2) is 27.2 Å². The Bertz CT molecular complexity index is 510. The van der Waals surface area contributed by atoms with Crippen LogP contribution in [0.3, 0.4) is 0 Å². The monoisotopic (exact) mass is 362 g/mol. The molecule has 1 heterocycles. The standard InChI is InChI=1S/C11H9Br2FN2O/c1-2-9(13)11-15-10(16-17-11)6-3-7(12)5-8(14)4-6/h3-5,9H,2H2,1H3. The van der Waals surface area contributed by atoms with Gasteiger partial charge < -0.3 is 4.52 Å². The number of hydrogen-bond donors (Lipinski definition) is 0. The van der Waals surface area contributed by atoms with E-state index in [1.165, 1.54) is 12.1 Å². The fourth-order valence-electron chi connectivity index (χ4n) is 1.34. The lowest BCUT2D eigenvalue weighted by Crippen LogP contribution is -1.88. The lowest BCUT2D eigenvalue weighted by molar-refractivity contribution is 0.377. The van der Waals surface area contributed by atoms with Gasteiger partial charge in [0, 0.05) is 10.0 Å². The summed E-state index contributed by atoms with van der Waals surface area (Å²) in [4.78, 5) is 4.25. The highest BCUT2D eigenvalue weighted by atomic mass is 79.9. The van der Waals surface area contributed by atoms with Gasteiger partial charge in [-0.05, 0) is 24.6 Å². The third kappa shape index (κ3) is 2.93. The molecule has 3 nitrogen and oxygen atoms in total. The van der Waals surface area contributed by atoms with Crippen LogP contribution in [0.4, 0.5) is 4.39 Å². The molecule has 2 aromatic rings. The lowest BCUT2D eigenvalue weighted by atomic mass is 10.2. The topological polar surface area (TPSA) is 38.9 Å². The predicted molar refractivity (Wildman–Crippen MR) is 69.4 cm³/mol. The summed E-state index contributed by atoms with van der Waals surface area (Å²) >= 11 is 6.64. The number of halogens is 3. The zero-order chi connectivity index (χ0) is 12.4. The Labute approximate surface area is 115 Å². The van der Waals surface area contributed by atoms with Gasteiger partial charge in [0.2, 0.25) is 11.7 Å². The van der Waals surface area contributed by atoms with Crippen LogP contribution >= 0.6 is 31.9 Å². The summed E-state index contributed by atoms with van der Waals surface area (Å²) in [6.45, 7) is 2.00. The number of rotatable bonds is 3. The molecule has 0 spiro atoms. The molecule has 2 rings (SSSR count). The molecule has 6 heteroatoms. The predicted octanol–water partition coefficient (Wildman–Crippen LogP) is 4.48. The van der Waals surface area contributed by atoms with E-state index in [0.29, 0.717) is 21.8 Å². The molecule has 0 aliphatic carbocycles. The molecule has 0 saturated heterocycles. The van der Waals surface area contributed by atoms with Gasteiger partial charge in [-0.25, -0.2) is 4.39 Å². The van der Waals surface area contributed by atoms with E-state index in [4.69, 9.17) is 4.52 Å². The van der Waals surface area contributed by atoms with Crippen molar-refractivity contribution in [1.29, 1.82) is 0 Å². The van der Waals surface area contributed by atoms with Gasteiger partial charge in [-0.15, -0.1) is 0 Å². The molecule has 0 aliphatic heterocycles. The van der Waals surface area contributed by atoms with E-state index in [-0.39, 0.29) is 10.6 Å². The van der Waals surface area contributed by atoms with Gasteiger partial charge in [-0.1, -0.05) is 43.9 Å². The number of benzene rings is 1. The fourth-order valence-corrected chi connectivity index (χ4v) is 1.99. The van der Waals surface area contributed by atoms with Gasteiger partial charge in [0.25, 0.3) is 0 Å². The molecule has 17 heavy (non-hydrogen) atoms. The molecule has 1 atom stereocenters. The molecule has 1 aromatic heterocycles. The lowest BCUT2D eigenvalue weighted by Gasteiger charge is -1.98. The van der Waals surface area contributed by atoms with Gasteiger partial charge in [0.05, 0.1) is 4.83 Å². The van der Waals surface area contributed by atoms with Gasteiger partial charge >= 0.3 is 0 Å². The Morgan fingerprint density at radius 2 is 2.18 bits per heavy atom. The van der Waals surface area contributed by atoms with E-state index >= 15 is 0 Å². The highest BCUT2D eigenvalue weighted by Gasteiger charge is 2.15. The van der Waals surface area contributed by atoms with Crippen molar-refractivity contribution in [1.82, 2.24) is 10.1 Å². The zero-order valence-corrected chi connectivity index (χ0v) is 12.1. The Morgan fingerprint density at radius 3 is 2.82 bits per heavy atom. The molecular formula is C11H9Br2FN2O. The van der Waals surface area contributed by atoms with Crippen LogP contribution in [-0.4, -0.2) is 10.1 Å². The molecule has 0 aliphatic rings. The Morgan fingerprint density at radius 1 is 1.41 bits per heavy atom. The van der Waals surface area contributed by atoms with Crippen molar-refractivity contribution in [2.45, 2.75) is 18.2 Å². The fraction of sp³-hybridized carbons (Fsp3) is 0.273. The Kier molecular flexibility index (Phi) is 3.93. The van der Waals surface area contributed by atoms with Crippen molar-refractivity contribution < 1.29 is 8.91 Å². The summed E-state index contributed by atoms with van der Waals surface area (Å²) in [5, 5.41) is 3.83. The molecule has 1 aromatic carbocycles. The molecule has 0 N–H and O–H groups in total. The maximum Gasteiger partial charge on any atom is 0.240 e. The van der Waals surface area contributed by atoms with Crippen LogP contribution in [0.5, 0.6) is 0 Å². The Hall–Kier alpha value is -0.750. The van der Waals surface area contributed by atoms with Crippen LogP contribution in [0.1, 0.15) is 24.1 Å². The minimum absolute atomic E-state index is 0.0285. The third-order valence-corrected chi connectivity index (χ3v) is 3.69. The molecule has 90 valence electrons. The first kappa shape index (κ1) is 12.7. The molecule has 0 fully saturated rings. The number of hydrogen-bond acceptors (Lipinski definition) is 3. The van der Waals surface area contributed by atoms with Crippen molar-refractivity contribution in [3.8, 4) is 11.4 Å². The number of nitrogens with zero attached hydrogens (tertiary/aromatic N) is 2. The third-order valence-electron chi connectivity index (χ3n) is 2.19. The highest BCUT2D eigenvalue weighted by molar-refractivity contribution is 9.10. The summed E-state index contributed by atoms with van der Waals surface area (Å²) in [5.74, 6) is 0.549. The van der Waals surface area contributed by atoms with Crippen LogP contribution in [-0.2, 0) is 0 Å². The SMILES string of the molecule is CCC(Br)c1nc(-c2cc(F)cc(Br)c2)no1. The summed E-state index contributed by atoms with van der Waals surface area (Å²) in [5.41, 5.74) is 0.586. The summed E-state index contributed by atoms with van der Waals surface area (Å²) in [6.07, 6.45) is 0.842. The second kappa shape index (κ2) is 5.27. The first-order valence-electron chi connectivity index (χ1n) is 5.04. The van der Waals surface area contributed by atoms with Crippen molar-refractivity contribution in [3.63, 3.8) is 0 Å². The minimum Gasteiger partial charge on any atom is -0.338 e. The number of alkyl halides is 1. The first-order chi connectivity index (χ1) is 8.10. The quantitative estimate of drug-likeness (QED) is 0.754. The van der Waals surface area contributed by atoms with Crippen LogP contribution in [0.2, 0.25) is 0 Å². The Balaban J connectivity index is 2.36. The molecular weight excluding hydrogens is 355 g/mol. The molecule has 0 amide bonds. The van der Waals surface area contributed by atoms with E-state index in [2.05, 4.69) is 42.0 Å². The van der Waals surface area contributed by atoms with E-state index in [9.17, 15) is 4.39 Å². The van der Waals surface area contributed by atoms with E-state index in [1.54, 1.807) is 6.07 Å². The molecule has 0 saturated carbocycles. The van der Waals surface area contributed by atoms with E-state index in [1.807, 2.05) is 6.92 Å². The van der Waals surface area contributed by atoms with Crippen LogP contribution in [0.25, 0.3) is 11.4 Å². The summed E-state index contributed by atoms with van der Waals surface area (Å²) in [7, 11) is 0. The van der Waals surface area contributed by atoms with Crippen molar-refractivity contribution >= 4 is 31.9 Å². The average Bonchev–Trinajstić information content (AvgIpc) is 2.76. The highest BCUT2D eigenvalue weighted by Crippen LogP contribution is 2.28. The van der Waals surface area contributed by atoms with E-state index < -0.39 is 0 Å². The van der Waals surface area contributed by atoms with Crippen molar-refractivity contribution in [2.75, 3.05) is 0 Å². The van der Waals surface area contributed by atoms with Gasteiger partial charge in [-0.2, -0.15) is 4.98 Å². The molecule has 0 bridgehead atoms. The molecule has 0 radical (unpaired) electrons. The van der Waals surface area contributed by atoms with Gasteiger partial charge in [0.1, 0.15) is 5.82 Å². The first-order valence-corrected chi connectivity index (χ1v) is 6.75. The second-order valence-corrected chi connectivity index (χ2v) is 5.51. The maximum absolute atomic E-state index is 13.2. The van der Waals surface area contributed by atoms with Crippen LogP contribution < -0.4 is 0 Å². The second-order valence-electron chi connectivity index (χ2n) is 3.49. The summed E-state index contributed by atoms with van der Waals surface area (Å²) in [6, 6.07) is 4.49. The maximum atomic E-state index is 13.2.